The topological polar surface area (TPSA) is 67.7 Å². The lowest BCUT2D eigenvalue weighted by Gasteiger charge is -2.23. The second-order valence-corrected chi connectivity index (χ2v) is 6.10. The Kier molecular flexibility index (Phi) is 6.22. The van der Waals surface area contributed by atoms with Crippen molar-refractivity contribution in [2.24, 2.45) is 0 Å². The lowest BCUT2D eigenvalue weighted by atomic mass is 10.1. The highest BCUT2D eigenvalue weighted by molar-refractivity contribution is 5.37. The maximum atomic E-state index is 9.22. The van der Waals surface area contributed by atoms with Crippen LogP contribution in [-0.2, 0) is 19.7 Å². The third kappa shape index (κ3) is 4.95. The van der Waals surface area contributed by atoms with Gasteiger partial charge in [-0.3, -0.25) is 0 Å². The van der Waals surface area contributed by atoms with Crippen molar-refractivity contribution in [3.63, 3.8) is 0 Å². The molecule has 0 aliphatic heterocycles. The Morgan fingerprint density at radius 2 is 1.19 bits per heavy atom. The summed E-state index contributed by atoms with van der Waals surface area (Å²) in [4.78, 5) is 10.9. The molecule has 1 heterocycles. The lowest BCUT2D eigenvalue weighted by Crippen LogP contribution is -2.24. The Morgan fingerprint density at radius 1 is 0.741 bits per heavy atom. The third-order valence-corrected chi connectivity index (χ3v) is 4.22. The van der Waals surface area contributed by atoms with Gasteiger partial charge in [0.2, 0.25) is 5.95 Å². The largest absolute Gasteiger partial charge is 0.497 e. The summed E-state index contributed by atoms with van der Waals surface area (Å²) in [7, 11) is 3.31. The van der Waals surface area contributed by atoms with Gasteiger partial charge in [-0.1, -0.05) is 24.3 Å². The quantitative estimate of drug-likeness (QED) is 0.661. The molecule has 6 nitrogen and oxygen atoms in total. The van der Waals surface area contributed by atoms with Crippen LogP contribution >= 0.6 is 0 Å². The summed E-state index contributed by atoms with van der Waals surface area (Å²) in [6, 6.07) is 15.9. The highest BCUT2D eigenvalue weighted by atomic mass is 16.5. The molecule has 140 valence electrons. The molecular weight excluding hydrogens is 342 g/mol. The van der Waals surface area contributed by atoms with Gasteiger partial charge in [0, 0.05) is 31.0 Å². The molecule has 3 rings (SSSR count). The van der Waals surface area contributed by atoms with Crippen molar-refractivity contribution in [3.05, 3.63) is 77.6 Å². The molecule has 0 aliphatic carbocycles. The van der Waals surface area contributed by atoms with Crippen LogP contribution in [0.25, 0.3) is 0 Å². The van der Waals surface area contributed by atoms with Crippen molar-refractivity contribution < 1.29 is 14.6 Å². The molecular formula is C21H23N3O3. The molecule has 0 unspecified atom stereocenters. The molecule has 0 radical (unpaired) electrons. The molecule has 0 fully saturated rings. The van der Waals surface area contributed by atoms with E-state index >= 15 is 0 Å². The standard InChI is InChI=1S/C21H23N3O3/c1-26-19-7-3-16(4-8-19)13-24(21-22-11-18(15-25)12-23-21)14-17-5-9-20(27-2)10-6-17/h3-12,25H,13-15H2,1-2H3. The molecule has 1 N–H and O–H groups in total. The van der Waals surface area contributed by atoms with Gasteiger partial charge in [0.25, 0.3) is 0 Å². The number of rotatable bonds is 8. The molecule has 6 heteroatoms. The van der Waals surface area contributed by atoms with Crippen molar-refractivity contribution in [2.75, 3.05) is 19.1 Å². The first-order valence-corrected chi connectivity index (χ1v) is 8.64. The van der Waals surface area contributed by atoms with Gasteiger partial charge in [-0.2, -0.15) is 0 Å². The van der Waals surface area contributed by atoms with E-state index in [1.165, 1.54) is 0 Å². The zero-order valence-electron chi connectivity index (χ0n) is 15.5. The van der Waals surface area contributed by atoms with Gasteiger partial charge in [-0.25, -0.2) is 9.97 Å². The second kappa shape index (κ2) is 9.00. The molecule has 3 aromatic rings. The van der Waals surface area contributed by atoms with Gasteiger partial charge in [-0.05, 0) is 35.4 Å². The highest BCUT2D eigenvalue weighted by Crippen LogP contribution is 2.20. The molecule has 0 aliphatic rings. The maximum absolute atomic E-state index is 9.22. The van der Waals surface area contributed by atoms with Crippen molar-refractivity contribution in [3.8, 4) is 11.5 Å². The van der Waals surface area contributed by atoms with E-state index in [0.717, 1.165) is 22.6 Å². The van der Waals surface area contributed by atoms with E-state index < -0.39 is 0 Å². The molecule has 2 aromatic carbocycles. The Labute approximate surface area is 159 Å². The fourth-order valence-corrected chi connectivity index (χ4v) is 2.69. The first-order chi connectivity index (χ1) is 13.2. The summed E-state index contributed by atoms with van der Waals surface area (Å²) in [5.74, 6) is 2.26. The van der Waals surface area contributed by atoms with E-state index in [-0.39, 0.29) is 6.61 Å². The molecule has 0 saturated heterocycles. The van der Waals surface area contributed by atoms with Gasteiger partial charge >= 0.3 is 0 Å². The minimum Gasteiger partial charge on any atom is -0.497 e. The Hall–Kier alpha value is -3.12. The number of nitrogens with zero attached hydrogens (tertiary/aromatic N) is 3. The van der Waals surface area contributed by atoms with Crippen LogP contribution in [0.3, 0.4) is 0 Å². The molecule has 27 heavy (non-hydrogen) atoms. The fourth-order valence-electron chi connectivity index (χ4n) is 2.69. The van der Waals surface area contributed by atoms with Gasteiger partial charge in [0.15, 0.2) is 0 Å². The minimum atomic E-state index is -0.0722. The Bertz CT molecular complexity index is 785. The summed E-state index contributed by atoms with van der Waals surface area (Å²) in [5.41, 5.74) is 2.94. The summed E-state index contributed by atoms with van der Waals surface area (Å²) >= 11 is 0. The maximum Gasteiger partial charge on any atom is 0.225 e. The molecule has 1 aromatic heterocycles. The van der Waals surface area contributed by atoms with Crippen LogP contribution in [0, 0.1) is 0 Å². The van der Waals surface area contributed by atoms with Crippen molar-refractivity contribution in [1.29, 1.82) is 0 Å². The molecule has 0 saturated carbocycles. The zero-order valence-corrected chi connectivity index (χ0v) is 15.5. The van der Waals surface area contributed by atoms with Crippen LogP contribution in [-0.4, -0.2) is 29.3 Å². The number of aliphatic hydroxyl groups excluding tert-OH is 1. The molecule has 0 bridgehead atoms. The van der Waals surface area contributed by atoms with Crippen molar-refractivity contribution in [1.82, 2.24) is 9.97 Å². The van der Waals surface area contributed by atoms with Gasteiger partial charge in [0.05, 0.1) is 20.8 Å². The van der Waals surface area contributed by atoms with Gasteiger partial charge in [0.1, 0.15) is 11.5 Å². The molecule has 0 amide bonds. The van der Waals surface area contributed by atoms with E-state index in [4.69, 9.17) is 9.47 Å². The number of aromatic nitrogens is 2. The van der Waals surface area contributed by atoms with E-state index in [0.29, 0.717) is 24.6 Å². The normalized spacial score (nSPS) is 10.5. The summed E-state index contributed by atoms with van der Waals surface area (Å²) in [5, 5.41) is 9.22. The van der Waals surface area contributed by atoms with Crippen LogP contribution in [0.4, 0.5) is 5.95 Å². The summed E-state index contributed by atoms with van der Waals surface area (Å²) in [6.45, 7) is 1.22. The average molecular weight is 365 g/mol. The minimum absolute atomic E-state index is 0.0722. The van der Waals surface area contributed by atoms with Gasteiger partial charge < -0.3 is 19.5 Å². The van der Waals surface area contributed by atoms with E-state index in [1.807, 2.05) is 48.5 Å². The Balaban J connectivity index is 1.83. The van der Waals surface area contributed by atoms with E-state index in [2.05, 4.69) is 14.9 Å². The average Bonchev–Trinajstić information content (AvgIpc) is 2.74. The third-order valence-electron chi connectivity index (χ3n) is 4.22. The predicted molar refractivity (Wildman–Crippen MR) is 104 cm³/mol. The number of anilines is 1. The van der Waals surface area contributed by atoms with Gasteiger partial charge in [-0.15, -0.1) is 0 Å². The number of hydrogen-bond acceptors (Lipinski definition) is 6. The summed E-state index contributed by atoms with van der Waals surface area (Å²) < 4.78 is 10.5. The first-order valence-electron chi connectivity index (χ1n) is 8.64. The predicted octanol–water partition coefficient (Wildman–Crippen LogP) is 3.19. The lowest BCUT2D eigenvalue weighted by molar-refractivity contribution is 0.281. The van der Waals surface area contributed by atoms with Crippen LogP contribution in [0.15, 0.2) is 60.9 Å². The SMILES string of the molecule is COc1ccc(CN(Cc2ccc(OC)cc2)c2ncc(CO)cn2)cc1. The van der Waals surface area contributed by atoms with Crippen molar-refractivity contribution in [2.45, 2.75) is 19.7 Å². The van der Waals surface area contributed by atoms with Crippen LogP contribution in [0.5, 0.6) is 11.5 Å². The van der Waals surface area contributed by atoms with E-state index in [1.54, 1.807) is 26.6 Å². The van der Waals surface area contributed by atoms with Crippen LogP contribution in [0.2, 0.25) is 0 Å². The Morgan fingerprint density at radius 3 is 1.56 bits per heavy atom. The van der Waals surface area contributed by atoms with Crippen LogP contribution in [0.1, 0.15) is 16.7 Å². The van der Waals surface area contributed by atoms with Crippen LogP contribution < -0.4 is 14.4 Å². The highest BCUT2D eigenvalue weighted by Gasteiger charge is 2.12. The number of hydrogen-bond donors (Lipinski definition) is 1. The molecule has 0 spiro atoms. The smallest absolute Gasteiger partial charge is 0.225 e. The summed E-state index contributed by atoms with van der Waals surface area (Å²) in [6.07, 6.45) is 3.30. The number of aliphatic hydroxyl groups is 1. The van der Waals surface area contributed by atoms with E-state index in [9.17, 15) is 5.11 Å². The number of ether oxygens (including phenoxy) is 2. The molecule has 0 atom stereocenters. The first kappa shape index (κ1) is 18.7. The zero-order chi connectivity index (χ0) is 19.1. The second-order valence-electron chi connectivity index (χ2n) is 6.10. The fraction of sp³-hybridized carbons (Fsp3) is 0.238. The number of benzene rings is 2. The van der Waals surface area contributed by atoms with Crippen molar-refractivity contribution >= 4 is 5.95 Å². The number of methoxy groups -OCH3 is 2. The monoisotopic (exact) mass is 365 g/mol.